The van der Waals surface area contributed by atoms with Crippen LogP contribution in [0, 0.1) is 0 Å². The Bertz CT molecular complexity index is 777. The second-order valence-electron chi connectivity index (χ2n) is 4.29. The van der Waals surface area contributed by atoms with E-state index in [0.29, 0.717) is 22.2 Å². The lowest BCUT2D eigenvalue weighted by molar-refractivity contribution is -0.140. The fourth-order valence-electron chi connectivity index (χ4n) is 2.06. The van der Waals surface area contributed by atoms with E-state index in [2.05, 4.69) is 10.1 Å². The van der Waals surface area contributed by atoms with E-state index in [9.17, 15) is 13.2 Å². The zero-order chi connectivity index (χ0) is 14.3. The molecule has 0 saturated carbocycles. The molecule has 0 aliphatic rings. The van der Waals surface area contributed by atoms with Crippen LogP contribution in [0.4, 0.5) is 18.9 Å². The molecule has 3 aromatic rings. The number of alkyl halides is 3. The minimum Gasteiger partial charge on any atom is -0.398 e. The van der Waals surface area contributed by atoms with Crippen molar-refractivity contribution in [3.05, 3.63) is 42.4 Å². The zero-order valence-electron chi connectivity index (χ0n) is 10.1. The van der Waals surface area contributed by atoms with E-state index >= 15 is 0 Å². The van der Waals surface area contributed by atoms with Gasteiger partial charge in [0.1, 0.15) is 5.69 Å². The fourth-order valence-corrected chi connectivity index (χ4v) is 2.06. The molecule has 0 atom stereocenters. The van der Waals surface area contributed by atoms with Gasteiger partial charge in [-0.1, -0.05) is 6.07 Å². The molecule has 102 valence electrons. The smallest absolute Gasteiger partial charge is 0.398 e. The van der Waals surface area contributed by atoms with Gasteiger partial charge in [0.25, 0.3) is 0 Å². The number of H-pyrrole nitrogens is 1. The highest BCUT2D eigenvalue weighted by Crippen LogP contribution is 2.36. The number of pyridine rings is 1. The van der Waals surface area contributed by atoms with Crippen LogP contribution < -0.4 is 5.73 Å². The summed E-state index contributed by atoms with van der Waals surface area (Å²) in [6.45, 7) is 0. The third-order valence-electron chi connectivity index (χ3n) is 3.01. The molecule has 0 aliphatic carbocycles. The van der Waals surface area contributed by atoms with Crippen molar-refractivity contribution in [2.75, 3.05) is 5.73 Å². The van der Waals surface area contributed by atoms with E-state index in [4.69, 9.17) is 5.73 Å². The van der Waals surface area contributed by atoms with Gasteiger partial charge in [-0.25, -0.2) is 0 Å². The van der Waals surface area contributed by atoms with Crippen LogP contribution in [0.5, 0.6) is 0 Å². The van der Waals surface area contributed by atoms with Crippen LogP contribution in [0.15, 0.2) is 36.7 Å². The zero-order valence-corrected chi connectivity index (χ0v) is 10.1. The highest BCUT2D eigenvalue weighted by atomic mass is 19.4. The number of hydrogen-bond acceptors (Lipinski definition) is 3. The molecule has 0 fully saturated rings. The second kappa shape index (κ2) is 4.22. The number of nitrogens with zero attached hydrogens (tertiary/aromatic N) is 2. The molecule has 0 amide bonds. The molecular weight excluding hydrogens is 269 g/mol. The highest BCUT2D eigenvalue weighted by Gasteiger charge is 2.35. The van der Waals surface area contributed by atoms with Crippen LogP contribution in [0.2, 0.25) is 0 Å². The Labute approximate surface area is 111 Å². The SMILES string of the molecule is Nc1ccnc2ccc(-c3cn[nH]c3C(F)(F)F)cc12. The Kier molecular flexibility index (Phi) is 2.63. The summed E-state index contributed by atoms with van der Waals surface area (Å²) in [5.74, 6) is 0. The van der Waals surface area contributed by atoms with Crippen molar-refractivity contribution in [3.63, 3.8) is 0 Å². The Hall–Kier alpha value is -2.57. The first-order valence-electron chi connectivity index (χ1n) is 5.72. The van der Waals surface area contributed by atoms with Crippen molar-refractivity contribution in [2.24, 2.45) is 0 Å². The van der Waals surface area contributed by atoms with E-state index in [1.54, 1.807) is 30.5 Å². The van der Waals surface area contributed by atoms with Crippen LogP contribution in [-0.4, -0.2) is 15.2 Å². The average molecular weight is 278 g/mol. The first kappa shape index (κ1) is 12.5. The van der Waals surface area contributed by atoms with Gasteiger partial charge in [-0.15, -0.1) is 0 Å². The first-order valence-corrected chi connectivity index (χ1v) is 5.72. The van der Waals surface area contributed by atoms with Crippen molar-refractivity contribution >= 4 is 16.6 Å². The molecule has 2 heterocycles. The van der Waals surface area contributed by atoms with Gasteiger partial charge in [-0.05, 0) is 23.8 Å². The summed E-state index contributed by atoms with van der Waals surface area (Å²) in [4.78, 5) is 4.11. The fraction of sp³-hybridized carbons (Fsp3) is 0.0769. The van der Waals surface area contributed by atoms with Crippen molar-refractivity contribution in [1.82, 2.24) is 15.2 Å². The Morgan fingerprint density at radius 1 is 1.15 bits per heavy atom. The lowest BCUT2D eigenvalue weighted by Gasteiger charge is -2.08. The van der Waals surface area contributed by atoms with E-state index < -0.39 is 11.9 Å². The average Bonchev–Trinajstić information content (AvgIpc) is 2.88. The van der Waals surface area contributed by atoms with E-state index in [-0.39, 0.29) is 5.56 Å². The summed E-state index contributed by atoms with van der Waals surface area (Å²) in [6, 6.07) is 6.38. The van der Waals surface area contributed by atoms with Gasteiger partial charge in [-0.3, -0.25) is 10.1 Å². The minimum atomic E-state index is -4.48. The number of aromatic amines is 1. The number of aromatic nitrogens is 3. The molecule has 7 heteroatoms. The predicted molar refractivity (Wildman–Crippen MR) is 68.7 cm³/mol. The first-order chi connectivity index (χ1) is 9.47. The molecular formula is C13H9F3N4. The Balaban J connectivity index is 2.21. The van der Waals surface area contributed by atoms with Gasteiger partial charge in [0, 0.05) is 22.8 Å². The third kappa shape index (κ3) is 1.97. The third-order valence-corrected chi connectivity index (χ3v) is 3.01. The maximum atomic E-state index is 12.9. The van der Waals surface area contributed by atoms with Crippen LogP contribution in [0.1, 0.15) is 5.69 Å². The molecule has 20 heavy (non-hydrogen) atoms. The number of anilines is 1. The van der Waals surface area contributed by atoms with Gasteiger partial charge in [0.2, 0.25) is 0 Å². The summed E-state index contributed by atoms with van der Waals surface area (Å²) < 4.78 is 38.6. The van der Waals surface area contributed by atoms with Crippen molar-refractivity contribution < 1.29 is 13.2 Å². The number of fused-ring (bicyclic) bond motifs is 1. The summed E-state index contributed by atoms with van der Waals surface area (Å²) in [5, 5.41) is 6.07. The lowest BCUT2D eigenvalue weighted by Crippen LogP contribution is -2.07. The Morgan fingerprint density at radius 3 is 2.70 bits per heavy atom. The molecule has 0 unspecified atom stereocenters. The lowest BCUT2D eigenvalue weighted by atomic mass is 10.0. The second-order valence-corrected chi connectivity index (χ2v) is 4.29. The molecule has 4 nitrogen and oxygen atoms in total. The van der Waals surface area contributed by atoms with Crippen LogP contribution >= 0.6 is 0 Å². The van der Waals surface area contributed by atoms with Crippen molar-refractivity contribution in [1.29, 1.82) is 0 Å². The molecule has 2 aromatic heterocycles. The monoisotopic (exact) mass is 278 g/mol. The van der Waals surface area contributed by atoms with Crippen LogP contribution in [-0.2, 0) is 6.18 Å². The molecule has 0 radical (unpaired) electrons. The summed E-state index contributed by atoms with van der Waals surface area (Å²) in [7, 11) is 0. The molecule has 0 aliphatic heterocycles. The van der Waals surface area contributed by atoms with Gasteiger partial charge < -0.3 is 5.73 Å². The number of nitrogens with two attached hydrogens (primary N) is 1. The van der Waals surface area contributed by atoms with Crippen LogP contribution in [0.3, 0.4) is 0 Å². The quantitative estimate of drug-likeness (QED) is 0.718. The van der Waals surface area contributed by atoms with Gasteiger partial charge in [0.15, 0.2) is 0 Å². The minimum absolute atomic E-state index is 0.0114. The molecule has 0 bridgehead atoms. The number of nitrogen functional groups attached to an aromatic ring is 1. The van der Waals surface area contributed by atoms with Crippen LogP contribution in [0.25, 0.3) is 22.0 Å². The topological polar surface area (TPSA) is 67.6 Å². The number of nitrogens with one attached hydrogen (secondary N) is 1. The number of hydrogen-bond donors (Lipinski definition) is 2. The maximum absolute atomic E-state index is 12.9. The summed E-state index contributed by atoms with van der Waals surface area (Å²) in [5.41, 5.74) is 6.41. The summed E-state index contributed by atoms with van der Waals surface area (Å²) in [6.07, 6.45) is -1.78. The van der Waals surface area contributed by atoms with Gasteiger partial charge >= 0.3 is 6.18 Å². The van der Waals surface area contributed by atoms with Gasteiger partial charge in [-0.2, -0.15) is 18.3 Å². The molecule has 0 saturated heterocycles. The maximum Gasteiger partial charge on any atom is 0.433 e. The largest absolute Gasteiger partial charge is 0.433 e. The van der Waals surface area contributed by atoms with Crippen molar-refractivity contribution in [3.8, 4) is 11.1 Å². The predicted octanol–water partition coefficient (Wildman–Crippen LogP) is 3.23. The number of halogens is 3. The number of rotatable bonds is 1. The van der Waals surface area contributed by atoms with Gasteiger partial charge in [0.05, 0.1) is 11.7 Å². The van der Waals surface area contributed by atoms with E-state index in [1.165, 1.54) is 0 Å². The normalized spacial score (nSPS) is 11.9. The molecule has 3 N–H and O–H groups in total. The standard InChI is InChI=1S/C13H9F3N4/c14-13(15,16)12-9(6-19-20-12)7-1-2-11-8(5-7)10(17)3-4-18-11/h1-6H,(H2,17,18)(H,19,20). The van der Waals surface area contributed by atoms with E-state index in [1.807, 2.05) is 5.10 Å². The molecule has 3 rings (SSSR count). The number of benzene rings is 1. The van der Waals surface area contributed by atoms with E-state index in [0.717, 1.165) is 6.20 Å². The van der Waals surface area contributed by atoms with Crippen molar-refractivity contribution in [2.45, 2.75) is 6.18 Å². The summed E-state index contributed by atoms with van der Waals surface area (Å²) >= 11 is 0. The molecule has 1 aromatic carbocycles. The Morgan fingerprint density at radius 2 is 1.95 bits per heavy atom. The highest BCUT2D eigenvalue weighted by molar-refractivity contribution is 5.93. The molecule has 0 spiro atoms.